The first-order valence-corrected chi connectivity index (χ1v) is 9.56. The van der Waals surface area contributed by atoms with Crippen molar-refractivity contribution < 1.29 is 13.9 Å². The normalized spacial score (nSPS) is 11.8. The predicted octanol–water partition coefficient (Wildman–Crippen LogP) is 5.34. The number of nitrogens with one attached hydrogen (secondary N) is 1. The summed E-state index contributed by atoms with van der Waals surface area (Å²) in [5, 5.41) is 3.02. The maximum Gasteiger partial charge on any atom is 0.287 e. The van der Waals surface area contributed by atoms with Crippen LogP contribution in [0.15, 0.2) is 71.1 Å². The van der Waals surface area contributed by atoms with Gasteiger partial charge < -0.3 is 14.5 Å². The number of ether oxygens (including phenoxy) is 1. The summed E-state index contributed by atoms with van der Waals surface area (Å²) >= 11 is 2.25. The molecule has 4 nitrogen and oxygen atoms in total. The lowest BCUT2D eigenvalue weighted by atomic mass is 10.0. The number of furan rings is 1. The molecule has 0 radical (unpaired) electrons. The van der Waals surface area contributed by atoms with Gasteiger partial charge >= 0.3 is 0 Å². The molecular weight excluding hydrogens is 441 g/mol. The second-order valence-electron chi connectivity index (χ2n) is 5.85. The molecule has 0 bridgehead atoms. The van der Waals surface area contributed by atoms with Crippen molar-refractivity contribution >= 4 is 28.5 Å². The van der Waals surface area contributed by atoms with E-state index < -0.39 is 0 Å². The molecule has 1 unspecified atom stereocenters. The molecule has 134 valence electrons. The van der Waals surface area contributed by atoms with Gasteiger partial charge in [0.25, 0.3) is 5.91 Å². The van der Waals surface area contributed by atoms with Crippen LogP contribution in [-0.4, -0.2) is 5.91 Å². The van der Waals surface area contributed by atoms with Crippen molar-refractivity contribution in [1.82, 2.24) is 5.32 Å². The number of amides is 1. The lowest BCUT2D eigenvalue weighted by molar-refractivity contribution is 0.0903. The Labute approximate surface area is 166 Å². The maximum atomic E-state index is 12.5. The van der Waals surface area contributed by atoms with Gasteiger partial charge in [0.05, 0.1) is 6.04 Å². The first-order chi connectivity index (χ1) is 12.7. The number of benzene rings is 2. The molecule has 5 heteroatoms. The molecule has 0 aliphatic heterocycles. The highest BCUT2D eigenvalue weighted by molar-refractivity contribution is 14.1. The summed E-state index contributed by atoms with van der Waals surface area (Å²) in [6.07, 6.45) is 0.805. The molecule has 3 rings (SSSR count). The van der Waals surface area contributed by atoms with Gasteiger partial charge in [0.1, 0.15) is 18.1 Å². The van der Waals surface area contributed by atoms with E-state index in [9.17, 15) is 4.79 Å². The summed E-state index contributed by atoms with van der Waals surface area (Å²) in [7, 11) is 0. The van der Waals surface area contributed by atoms with E-state index in [0.717, 1.165) is 21.3 Å². The highest BCUT2D eigenvalue weighted by Crippen LogP contribution is 2.19. The van der Waals surface area contributed by atoms with E-state index >= 15 is 0 Å². The molecular formula is C21H20INO3. The van der Waals surface area contributed by atoms with Crippen LogP contribution in [0.2, 0.25) is 0 Å². The van der Waals surface area contributed by atoms with Crippen molar-refractivity contribution in [2.45, 2.75) is 26.0 Å². The van der Waals surface area contributed by atoms with Crippen LogP contribution in [0.3, 0.4) is 0 Å². The summed E-state index contributed by atoms with van der Waals surface area (Å²) in [6.45, 7) is 2.32. The lowest BCUT2D eigenvalue weighted by Gasteiger charge is -2.16. The van der Waals surface area contributed by atoms with Crippen LogP contribution in [0.4, 0.5) is 0 Å². The van der Waals surface area contributed by atoms with E-state index in [2.05, 4.69) is 27.9 Å². The van der Waals surface area contributed by atoms with Gasteiger partial charge in [-0.05, 0) is 71.0 Å². The minimum Gasteiger partial charge on any atom is -0.486 e. The van der Waals surface area contributed by atoms with Gasteiger partial charge in [-0.2, -0.15) is 0 Å². The monoisotopic (exact) mass is 461 g/mol. The van der Waals surface area contributed by atoms with E-state index in [1.807, 2.05) is 61.5 Å². The number of halogens is 1. The number of rotatable bonds is 7. The molecule has 0 saturated heterocycles. The topological polar surface area (TPSA) is 51.5 Å². The van der Waals surface area contributed by atoms with E-state index in [1.54, 1.807) is 12.1 Å². The molecule has 0 saturated carbocycles. The summed E-state index contributed by atoms with van der Waals surface area (Å²) < 4.78 is 12.5. The fraction of sp³-hybridized carbons (Fsp3) is 0.190. The van der Waals surface area contributed by atoms with Crippen LogP contribution in [-0.2, 0) is 6.61 Å². The molecule has 1 amide bonds. The second-order valence-corrected chi connectivity index (χ2v) is 7.10. The summed E-state index contributed by atoms with van der Waals surface area (Å²) in [4.78, 5) is 12.5. The SMILES string of the molecule is CCC(NC(=O)c1ccc(COc2ccc(I)cc2)o1)c1ccccc1. The van der Waals surface area contributed by atoms with Crippen LogP contribution in [0.25, 0.3) is 0 Å². The Morgan fingerprint density at radius 3 is 2.50 bits per heavy atom. The van der Waals surface area contributed by atoms with Gasteiger partial charge in [-0.3, -0.25) is 4.79 Å². The second kappa shape index (κ2) is 8.89. The van der Waals surface area contributed by atoms with Crippen molar-refractivity contribution in [2.24, 2.45) is 0 Å². The molecule has 1 aromatic heterocycles. The molecule has 1 N–H and O–H groups in total. The van der Waals surface area contributed by atoms with Gasteiger partial charge in [0, 0.05) is 3.57 Å². The van der Waals surface area contributed by atoms with Gasteiger partial charge in [-0.1, -0.05) is 37.3 Å². The lowest BCUT2D eigenvalue weighted by Crippen LogP contribution is -2.27. The Morgan fingerprint density at radius 2 is 1.81 bits per heavy atom. The Kier molecular flexibility index (Phi) is 6.33. The van der Waals surface area contributed by atoms with Crippen molar-refractivity contribution in [3.8, 4) is 5.75 Å². The van der Waals surface area contributed by atoms with Crippen molar-refractivity contribution in [3.63, 3.8) is 0 Å². The average Bonchev–Trinajstić information content (AvgIpc) is 3.15. The number of carbonyl (C=O) groups excluding carboxylic acids is 1. The number of hydrogen-bond acceptors (Lipinski definition) is 3. The highest BCUT2D eigenvalue weighted by atomic mass is 127. The highest BCUT2D eigenvalue weighted by Gasteiger charge is 2.17. The predicted molar refractivity (Wildman–Crippen MR) is 109 cm³/mol. The molecule has 26 heavy (non-hydrogen) atoms. The third kappa shape index (κ3) is 4.88. The summed E-state index contributed by atoms with van der Waals surface area (Å²) in [6, 6.07) is 21.1. The Hall–Kier alpha value is -2.28. The largest absolute Gasteiger partial charge is 0.486 e. The average molecular weight is 461 g/mol. The van der Waals surface area contributed by atoms with Crippen LogP contribution >= 0.6 is 22.6 Å². The molecule has 2 aromatic carbocycles. The summed E-state index contributed by atoms with van der Waals surface area (Å²) in [5.74, 6) is 1.45. The smallest absolute Gasteiger partial charge is 0.287 e. The van der Waals surface area contributed by atoms with E-state index in [1.165, 1.54) is 0 Å². The zero-order chi connectivity index (χ0) is 18.4. The number of hydrogen-bond donors (Lipinski definition) is 1. The molecule has 3 aromatic rings. The zero-order valence-corrected chi connectivity index (χ0v) is 16.6. The third-order valence-electron chi connectivity index (χ3n) is 4.00. The van der Waals surface area contributed by atoms with E-state index in [-0.39, 0.29) is 18.6 Å². The van der Waals surface area contributed by atoms with Crippen molar-refractivity contribution in [3.05, 3.63) is 87.4 Å². The first-order valence-electron chi connectivity index (χ1n) is 8.48. The molecule has 1 heterocycles. The molecule has 1 atom stereocenters. The fourth-order valence-electron chi connectivity index (χ4n) is 2.60. The van der Waals surface area contributed by atoms with Gasteiger partial charge in [-0.15, -0.1) is 0 Å². The Bertz CT molecular complexity index is 843. The molecule has 0 spiro atoms. The maximum absolute atomic E-state index is 12.5. The molecule has 0 aliphatic rings. The van der Waals surface area contributed by atoms with Crippen LogP contribution in [0, 0.1) is 3.57 Å². The fourth-order valence-corrected chi connectivity index (χ4v) is 2.96. The van der Waals surface area contributed by atoms with Crippen LogP contribution < -0.4 is 10.1 Å². The van der Waals surface area contributed by atoms with Gasteiger partial charge in [-0.25, -0.2) is 0 Å². The minimum atomic E-state index is -0.221. The molecule has 0 aliphatic carbocycles. The van der Waals surface area contributed by atoms with Gasteiger partial charge in [0.15, 0.2) is 5.76 Å². The summed E-state index contributed by atoms with van der Waals surface area (Å²) in [5.41, 5.74) is 1.08. The first kappa shape index (κ1) is 18.5. The van der Waals surface area contributed by atoms with Crippen molar-refractivity contribution in [2.75, 3.05) is 0 Å². The van der Waals surface area contributed by atoms with Crippen LogP contribution in [0.5, 0.6) is 5.75 Å². The zero-order valence-electron chi connectivity index (χ0n) is 14.4. The minimum absolute atomic E-state index is 0.0414. The van der Waals surface area contributed by atoms with Crippen LogP contribution in [0.1, 0.15) is 41.3 Å². The standard InChI is InChI=1S/C21H20INO3/c1-2-19(15-6-4-3-5-7-15)23-21(24)20-13-12-18(26-20)14-25-17-10-8-16(22)9-11-17/h3-13,19H,2,14H2,1H3,(H,23,24). The number of carbonyl (C=O) groups is 1. The third-order valence-corrected chi connectivity index (χ3v) is 4.71. The quantitative estimate of drug-likeness (QED) is 0.483. The van der Waals surface area contributed by atoms with E-state index in [0.29, 0.717) is 11.5 Å². The Balaban J connectivity index is 1.59. The van der Waals surface area contributed by atoms with Gasteiger partial charge in [0.2, 0.25) is 0 Å². The Morgan fingerprint density at radius 1 is 1.08 bits per heavy atom. The molecule has 0 fully saturated rings. The van der Waals surface area contributed by atoms with E-state index in [4.69, 9.17) is 9.15 Å². The van der Waals surface area contributed by atoms with Crippen molar-refractivity contribution in [1.29, 1.82) is 0 Å².